The number of carbonyl (C=O) groups excluding carboxylic acids is 2. The molecule has 7 heteroatoms. The largest absolute Gasteiger partial charge is 0.466 e. The van der Waals surface area contributed by atoms with Gasteiger partial charge in [-0.05, 0) is 45.3 Å². The van der Waals surface area contributed by atoms with E-state index in [0.717, 1.165) is 52.2 Å². The van der Waals surface area contributed by atoms with Crippen molar-refractivity contribution in [3.63, 3.8) is 0 Å². The molecular weight excluding hydrogens is 382 g/mol. The number of piperidine rings is 1. The van der Waals surface area contributed by atoms with E-state index in [1.165, 1.54) is 5.56 Å². The predicted molar refractivity (Wildman–Crippen MR) is 115 cm³/mol. The first kappa shape index (κ1) is 22.7. The smallest absolute Gasteiger partial charge is 0.309 e. The Morgan fingerprint density at radius 2 is 1.80 bits per heavy atom. The third kappa shape index (κ3) is 6.27. The van der Waals surface area contributed by atoms with Gasteiger partial charge in [-0.15, -0.1) is 0 Å². The zero-order chi connectivity index (χ0) is 21.3. The highest BCUT2D eigenvalue weighted by molar-refractivity contribution is 5.78. The van der Waals surface area contributed by atoms with Gasteiger partial charge in [-0.3, -0.25) is 19.4 Å². The van der Waals surface area contributed by atoms with Gasteiger partial charge in [0.25, 0.3) is 0 Å². The number of esters is 1. The highest BCUT2D eigenvalue weighted by Gasteiger charge is 2.30. The summed E-state index contributed by atoms with van der Waals surface area (Å²) in [7, 11) is 0. The fourth-order valence-corrected chi connectivity index (χ4v) is 4.49. The number of hydrogen-bond donors (Lipinski definition) is 1. The van der Waals surface area contributed by atoms with Gasteiger partial charge in [0.05, 0.1) is 38.3 Å². The van der Waals surface area contributed by atoms with E-state index in [0.29, 0.717) is 13.2 Å². The van der Waals surface area contributed by atoms with Crippen LogP contribution in [-0.2, 0) is 19.1 Å². The van der Waals surface area contributed by atoms with Gasteiger partial charge < -0.3 is 14.8 Å². The highest BCUT2D eigenvalue weighted by atomic mass is 16.5. The molecule has 2 atom stereocenters. The molecule has 0 aliphatic carbocycles. The topological polar surface area (TPSA) is 71.1 Å². The van der Waals surface area contributed by atoms with Crippen molar-refractivity contribution in [3.8, 4) is 0 Å². The Labute approximate surface area is 179 Å². The van der Waals surface area contributed by atoms with Crippen LogP contribution >= 0.6 is 0 Å². The van der Waals surface area contributed by atoms with Crippen LogP contribution in [0.15, 0.2) is 30.3 Å². The molecule has 0 unspecified atom stereocenters. The monoisotopic (exact) mass is 417 g/mol. The van der Waals surface area contributed by atoms with Gasteiger partial charge in [-0.25, -0.2) is 0 Å². The standard InChI is InChI=1S/C23H35N3O4/c1-3-30-23(28)20-9-11-25(12-10-20)17-21(27)24-18(2)22(19-7-5-4-6-8-19)26-13-15-29-16-14-26/h4-8,18,20,22H,3,9-17H2,1-2H3,(H,24,27)/t18-,22-/m1/s1. The van der Waals surface area contributed by atoms with Crippen molar-refractivity contribution in [2.75, 3.05) is 52.5 Å². The average Bonchev–Trinajstić information content (AvgIpc) is 2.76. The summed E-state index contributed by atoms with van der Waals surface area (Å²) in [6.07, 6.45) is 1.50. The first-order chi connectivity index (χ1) is 14.6. The van der Waals surface area contributed by atoms with E-state index in [9.17, 15) is 9.59 Å². The second-order valence-electron chi connectivity index (χ2n) is 8.16. The molecule has 0 radical (unpaired) electrons. The third-order valence-electron chi connectivity index (χ3n) is 6.02. The maximum absolute atomic E-state index is 12.8. The van der Waals surface area contributed by atoms with E-state index in [-0.39, 0.29) is 29.9 Å². The van der Waals surface area contributed by atoms with Crippen LogP contribution in [0, 0.1) is 5.92 Å². The molecule has 2 saturated heterocycles. The molecule has 0 saturated carbocycles. The molecule has 30 heavy (non-hydrogen) atoms. The van der Waals surface area contributed by atoms with Crippen molar-refractivity contribution in [3.05, 3.63) is 35.9 Å². The van der Waals surface area contributed by atoms with E-state index >= 15 is 0 Å². The molecule has 166 valence electrons. The maximum atomic E-state index is 12.8. The van der Waals surface area contributed by atoms with Crippen LogP contribution in [0.2, 0.25) is 0 Å². The Balaban J connectivity index is 1.53. The van der Waals surface area contributed by atoms with Crippen LogP contribution in [0.5, 0.6) is 0 Å². The third-order valence-corrected chi connectivity index (χ3v) is 6.02. The number of nitrogens with one attached hydrogen (secondary N) is 1. The molecule has 1 aromatic carbocycles. The van der Waals surface area contributed by atoms with Crippen molar-refractivity contribution < 1.29 is 19.1 Å². The SMILES string of the molecule is CCOC(=O)C1CCN(CC(=O)N[C@H](C)[C@H](c2ccccc2)N2CCOCC2)CC1. The van der Waals surface area contributed by atoms with Gasteiger partial charge in [0.1, 0.15) is 0 Å². The van der Waals surface area contributed by atoms with Crippen molar-refractivity contribution in [2.24, 2.45) is 5.92 Å². The number of nitrogens with zero attached hydrogens (tertiary/aromatic N) is 2. The normalized spacial score (nSPS) is 21.0. The summed E-state index contributed by atoms with van der Waals surface area (Å²) in [5.41, 5.74) is 1.21. The second kappa shape index (κ2) is 11.4. The quantitative estimate of drug-likeness (QED) is 0.651. The summed E-state index contributed by atoms with van der Waals surface area (Å²) in [5.74, 6) is -0.107. The van der Waals surface area contributed by atoms with Crippen LogP contribution in [0.3, 0.4) is 0 Å². The molecule has 2 fully saturated rings. The van der Waals surface area contributed by atoms with Crippen LogP contribution in [-0.4, -0.2) is 80.3 Å². The first-order valence-corrected chi connectivity index (χ1v) is 11.1. The van der Waals surface area contributed by atoms with Crippen LogP contribution in [0.25, 0.3) is 0 Å². The number of morpholine rings is 1. The fraction of sp³-hybridized carbons (Fsp3) is 0.652. The summed E-state index contributed by atoms with van der Waals surface area (Å²) < 4.78 is 10.6. The summed E-state index contributed by atoms with van der Waals surface area (Å²) in [4.78, 5) is 29.2. The molecule has 0 aromatic heterocycles. The molecule has 0 spiro atoms. The number of benzene rings is 1. The average molecular weight is 418 g/mol. The zero-order valence-electron chi connectivity index (χ0n) is 18.2. The molecule has 1 N–H and O–H groups in total. The number of ether oxygens (including phenoxy) is 2. The van der Waals surface area contributed by atoms with Gasteiger partial charge in [-0.2, -0.15) is 0 Å². The lowest BCUT2D eigenvalue weighted by atomic mass is 9.96. The van der Waals surface area contributed by atoms with Crippen molar-refractivity contribution in [1.29, 1.82) is 0 Å². The second-order valence-corrected chi connectivity index (χ2v) is 8.16. The molecule has 3 rings (SSSR count). The van der Waals surface area contributed by atoms with E-state index in [1.807, 2.05) is 25.1 Å². The van der Waals surface area contributed by atoms with Crippen LogP contribution in [0.1, 0.15) is 38.3 Å². The van der Waals surface area contributed by atoms with Gasteiger partial charge in [-0.1, -0.05) is 30.3 Å². The number of amides is 1. The zero-order valence-corrected chi connectivity index (χ0v) is 18.2. The van der Waals surface area contributed by atoms with E-state index in [1.54, 1.807) is 0 Å². The summed E-state index contributed by atoms with van der Waals surface area (Å²) in [5, 5.41) is 3.22. The van der Waals surface area contributed by atoms with Crippen molar-refractivity contribution in [1.82, 2.24) is 15.1 Å². The Morgan fingerprint density at radius 1 is 1.13 bits per heavy atom. The fourth-order valence-electron chi connectivity index (χ4n) is 4.49. The number of carbonyl (C=O) groups is 2. The van der Waals surface area contributed by atoms with Crippen molar-refractivity contribution in [2.45, 2.75) is 38.8 Å². The molecular formula is C23H35N3O4. The molecule has 1 aromatic rings. The van der Waals surface area contributed by atoms with Gasteiger partial charge in [0, 0.05) is 19.1 Å². The van der Waals surface area contributed by atoms with E-state index in [2.05, 4.69) is 34.2 Å². The van der Waals surface area contributed by atoms with Gasteiger partial charge in [0.2, 0.25) is 5.91 Å². The van der Waals surface area contributed by atoms with Crippen LogP contribution in [0.4, 0.5) is 0 Å². The summed E-state index contributed by atoms with van der Waals surface area (Å²) in [6, 6.07) is 10.5. The summed E-state index contributed by atoms with van der Waals surface area (Å²) in [6.45, 7) is 9.36. The Kier molecular flexibility index (Phi) is 8.66. The minimum absolute atomic E-state index is 0.0185. The first-order valence-electron chi connectivity index (χ1n) is 11.1. The maximum Gasteiger partial charge on any atom is 0.309 e. The van der Waals surface area contributed by atoms with Crippen molar-refractivity contribution >= 4 is 11.9 Å². The van der Waals surface area contributed by atoms with Gasteiger partial charge >= 0.3 is 5.97 Å². The minimum Gasteiger partial charge on any atom is -0.466 e. The highest BCUT2D eigenvalue weighted by Crippen LogP contribution is 2.25. The number of likely N-dealkylation sites (tertiary alicyclic amines) is 1. The molecule has 7 nitrogen and oxygen atoms in total. The minimum atomic E-state index is -0.105. The molecule has 1 amide bonds. The Hall–Kier alpha value is -1.96. The lowest BCUT2D eigenvalue weighted by Crippen LogP contribution is -2.50. The summed E-state index contributed by atoms with van der Waals surface area (Å²) >= 11 is 0. The molecule has 0 bridgehead atoms. The molecule has 2 aliphatic rings. The van der Waals surface area contributed by atoms with Crippen LogP contribution < -0.4 is 5.32 Å². The van der Waals surface area contributed by atoms with E-state index < -0.39 is 0 Å². The number of hydrogen-bond acceptors (Lipinski definition) is 6. The predicted octanol–water partition coefficient (Wildman–Crippen LogP) is 1.84. The number of rotatable bonds is 8. The van der Waals surface area contributed by atoms with Gasteiger partial charge in [0.15, 0.2) is 0 Å². The lowest BCUT2D eigenvalue weighted by Gasteiger charge is -2.38. The molecule has 2 heterocycles. The Bertz CT molecular complexity index is 670. The molecule has 2 aliphatic heterocycles. The Morgan fingerprint density at radius 3 is 2.43 bits per heavy atom. The van der Waals surface area contributed by atoms with E-state index in [4.69, 9.17) is 9.47 Å². The lowest BCUT2D eigenvalue weighted by molar-refractivity contribution is -0.149.